The van der Waals surface area contributed by atoms with Crippen LogP contribution < -0.4 is 19.5 Å². The lowest BCUT2D eigenvalue weighted by molar-refractivity contribution is -0.122. The first-order chi connectivity index (χ1) is 12.5. The van der Waals surface area contributed by atoms with Crippen LogP contribution in [0.5, 0.6) is 17.2 Å². The summed E-state index contributed by atoms with van der Waals surface area (Å²) in [7, 11) is 3.01. The minimum absolute atomic E-state index is 0.301. The van der Waals surface area contributed by atoms with Gasteiger partial charge in [-0.25, -0.2) is 0 Å². The van der Waals surface area contributed by atoms with E-state index in [2.05, 4.69) is 12.2 Å². The van der Waals surface area contributed by atoms with E-state index < -0.39 is 6.10 Å². The first-order valence-corrected chi connectivity index (χ1v) is 8.84. The van der Waals surface area contributed by atoms with Gasteiger partial charge >= 0.3 is 0 Å². The molecule has 26 heavy (non-hydrogen) atoms. The Morgan fingerprint density at radius 2 is 1.77 bits per heavy atom. The Balaban J connectivity index is 2.06. The Kier molecular flexibility index (Phi) is 7.16. The molecule has 140 valence electrons. The molecule has 0 spiro atoms. The zero-order chi connectivity index (χ0) is 19.1. The fraction of sp³-hybridized carbons (Fsp3) is 0.350. The number of hydrogen-bond donors (Lipinski definition) is 1. The van der Waals surface area contributed by atoms with Crippen molar-refractivity contribution in [3.63, 3.8) is 0 Å². The van der Waals surface area contributed by atoms with Gasteiger partial charge in [-0.15, -0.1) is 0 Å². The van der Waals surface area contributed by atoms with E-state index in [0.29, 0.717) is 28.0 Å². The van der Waals surface area contributed by atoms with E-state index in [9.17, 15) is 4.79 Å². The topological polar surface area (TPSA) is 56.8 Å². The lowest BCUT2D eigenvalue weighted by atomic mass is 10.1. The molecular formula is C20H24ClNO4. The maximum absolute atomic E-state index is 12.5. The maximum atomic E-state index is 12.5. The molecule has 1 amide bonds. The van der Waals surface area contributed by atoms with E-state index >= 15 is 0 Å². The van der Waals surface area contributed by atoms with Crippen LogP contribution in [0.1, 0.15) is 25.8 Å². The second kappa shape index (κ2) is 9.34. The third-order valence-corrected chi connectivity index (χ3v) is 4.17. The summed E-state index contributed by atoms with van der Waals surface area (Å²) < 4.78 is 16.2. The Bertz CT molecular complexity index is 746. The SMILES string of the molecule is CCCc1ccc(OC(C)C(=O)Nc2cc(OC)c(Cl)cc2OC)cc1. The normalized spacial score (nSPS) is 11.6. The van der Waals surface area contributed by atoms with Gasteiger partial charge in [-0.3, -0.25) is 4.79 Å². The molecule has 0 saturated carbocycles. The smallest absolute Gasteiger partial charge is 0.265 e. The number of nitrogens with one attached hydrogen (secondary N) is 1. The molecule has 6 heteroatoms. The third kappa shape index (κ3) is 5.05. The van der Waals surface area contributed by atoms with Gasteiger partial charge in [0, 0.05) is 12.1 Å². The van der Waals surface area contributed by atoms with Crippen molar-refractivity contribution in [3.8, 4) is 17.2 Å². The molecule has 1 atom stereocenters. The lowest BCUT2D eigenvalue weighted by Crippen LogP contribution is -2.30. The highest BCUT2D eigenvalue weighted by atomic mass is 35.5. The number of aryl methyl sites for hydroxylation is 1. The van der Waals surface area contributed by atoms with Gasteiger partial charge in [0.15, 0.2) is 6.10 Å². The molecule has 0 aromatic heterocycles. The number of hydrogen-bond acceptors (Lipinski definition) is 4. The van der Waals surface area contributed by atoms with Gasteiger partial charge in [0.05, 0.1) is 24.9 Å². The quantitative estimate of drug-likeness (QED) is 0.723. The van der Waals surface area contributed by atoms with Crippen molar-refractivity contribution in [1.82, 2.24) is 0 Å². The van der Waals surface area contributed by atoms with Gasteiger partial charge in [-0.2, -0.15) is 0 Å². The summed E-state index contributed by atoms with van der Waals surface area (Å²) >= 11 is 6.08. The van der Waals surface area contributed by atoms with Crippen molar-refractivity contribution in [2.75, 3.05) is 19.5 Å². The number of rotatable bonds is 8. The number of anilines is 1. The molecule has 0 fully saturated rings. The number of halogens is 1. The number of carbonyl (C=O) groups is 1. The van der Waals surface area contributed by atoms with Crippen molar-refractivity contribution in [2.24, 2.45) is 0 Å². The molecule has 1 unspecified atom stereocenters. The minimum atomic E-state index is -0.682. The molecule has 0 saturated heterocycles. The van der Waals surface area contributed by atoms with Crippen LogP contribution >= 0.6 is 11.6 Å². The van der Waals surface area contributed by atoms with Crippen molar-refractivity contribution in [1.29, 1.82) is 0 Å². The summed E-state index contributed by atoms with van der Waals surface area (Å²) in [6.45, 7) is 3.83. The highest BCUT2D eigenvalue weighted by Crippen LogP contribution is 2.36. The number of carbonyl (C=O) groups excluding carboxylic acids is 1. The third-order valence-electron chi connectivity index (χ3n) is 3.88. The molecule has 0 aliphatic heterocycles. The van der Waals surface area contributed by atoms with Crippen LogP contribution in [0.3, 0.4) is 0 Å². The van der Waals surface area contributed by atoms with E-state index in [1.54, 1.807) is 19.1 Å². The van der Waals surface area contributed by atoms with E-state index in [4.69, 9.17) is 25.8 Å². The highest BCUT2D eigenvalue weighted by Gasteiger charge is 2.18. The van der Waals surface area contributed by atoms with Gasteiger partial charge < -0.3 is 19.5 Å². The zero-order valence-electron chi connectivity index (χ0n) is 15.5. The summed E-state index contributed by atoms with van der Waals surface area (Å²) in [6.07, 6.45) is 1.43. The predicted molar refractivity (Wildman–Crippen MR) is 104 cm³/mol. The fourth-order valence-electron chi connectivity index (χ4n) is 2.47. The standard InChI is InChI=1S/C20H24ClNO4/c1-5-6-14-7-9-15(10-8-14)26-13(2)20(23)22-17-12-18(24-3)16(21)11-19(17)25-4/h7-13H,5-6H2,1-4H3,(H,22,23). The zero-order valence-corrected chi connectivity index (χ0v) is 16.2. The van der Waals surface area contributed by atoms with E-state index in [0.717, 1.165) is 12.8 Å². The summed E-state index contributed by atoms with van der Waals surface area (Å²) in [6, 6.07) is 11.0. The average molecular weight is 378 g/mol. The first-order valence-electron chi connectivity index (χ1n) is 8.46. The summed E-state index contributed by atoms with van der Waals surface area (Å²) in [5, 5.41) is 3.19. The van der Waals surface area contributed by atoms with Crippen molar-refractivity contribution in [2.45, 2.75) is 32.8 Å². The molecule has 2 aromatic carbocycles. The van der Waals surface area contributed by atoms with Gasteiger partial charge in [0.2, 0.25) is 0 Å². The van der Waals surface area contributed by atoms with Gasteiger partial charge in [-0.1, -0.05) is 37.1 Å². The molecular weight excluding hydrogens is 354 g/mol. The van der Waals surface area contributed by atoms with Crippen LogP contribution in [0.2, 0.25) is 5.02 Å². The number of benzene rings is 2. The molecule has 2 aromatic rings. The van der Waals surface area contributed by atoms with E-state index in [1.807, 2.05) is 24.3 Å². The van der Waals surface area contributed by atoms with Crippen LogP contribution in [0, 0.1) is 0 Å². The summed E-state index contributed by atoms with van der Waals surface area (Å²) in [5.74, 6) is 1.24. The Hall–Kier alpha value is -2.40. The van der Waals surface area contributed by atoms with E-state index in [-0.39, 0.29) is 5.91 Å². The van der Waals surface area contributed by atoms with Gasteiger partial charge in [0.1, 0.15) is 17.2 Å². The number of ether oxygens (including phenoxy) is 3. The minimum Gasteiger partial charge on any atom is -0.495 e. The molecule has 5 nitrogen and oxygen atoms in total. The van der Waals surface area contributed by atoms with Crippen LogP contribution in [-0.2, 0) is 11.2 Å². The maximum Gasteiger partial charge on any atom is 0.265 e. The Morgan fingerprint density at radius 3 is 2.35 bits per heavy atom. The monoisotopic (exact) mass is 377 g/mol. The molecule has 0 aliphatic carbocycles. The van der Waals surface area contributed by atoms with Crippen LogP contribution in [0.15, 0.2) is 36.4 Å². The van der Waals surface area contributed by atoms with Crippen LogP contribution in [-0.4, -0.2) is 26.2 Å². The van der Waals surface area contributed by atoms with Crippen molar-refractivity contribution in [3.05, 3.63) is 47.0 Å². The second-order valence-corrected chi connectivity index (χ2v) is 6.24. The molecule has 0 aliphatic rings. The highest BCUT2D eigenvalue weighted by molar-refractivity contribution is 6.32. The van der Waals surface area contributed by atoms with Crippen molar-refractivity contribution >= 4 is 23.2 Å². The second-order valence-electron chi connectivity index (χ2n) is 5.83. The van der Waals surface area contributed by atoms with Crippen LogP contribution in [0.25, 0.3) is 0 Å². The molecule has 2 rings (SSSR count). The van der Waals surface area contributed by atoms with Crippen LogP contribution in [0.4, 0.5) is 5.69 Å². The fourth-order valence-corrected chi connectivity index (χ4v) is 2.70. The summed E-state index contributed by atoms with van der Waals surface area (Å²) in [4.78, 5) is 12.5. The summed E-state index contributed by atoms with van der Waals surface area (Å²) in [5.41, 5.74) is 1.71. The average Bonchev–Trinajstić information content (AvgIpc) is 2.64. The molecule has 1 N–H and O–H groups in total. The Labute approximate surface area is 159 Å². The van der Waals surface area contributed by atoms with Gasteiger partial charge in [-0.05, 0) is 31.0 Å². The van der Waals surface area contributed by atoms with Crippen molar-refractivity contribution < 1.29 is 19.0 Å². The molecule has 0 radical (unpaired) electrons. The molecule has 0 bridgehead atoms. The lowest BCUT2D eigenvalue weighted by Gasteiger charge is -2.17. The molecule has 0 heterocycles. The Morgan fingerprint density at radius 1 is 1.12 bits per heavy atom. The number of amides is 1. The predicted octanol–water partition coefficient (Wildman–Crippen LogP) is 4.72. The largest absolute Gasteiger partial charge is 0.495 e. The van der Waals surface area contributed by atoms with E-state index in [1.165, 1.54) is 19.8 Å². The van der Waals surface area contributed by atoms with Gasteiger partial charge in [0.25, 0.3) is 5.91 Å². The number of methoxy groups -OCH3 is 2. The first kappa shape index (κ1) is 19.9.